The third-order valence-electron chi connectivity index (χ3n) is 8.78. The first-order valence-corrected chi connectivity index (χ1v) is 15.0. The van der Waals surface area contributed by atoms with E-state index in [2.05, 4.69) is 17.1 Å². The molecule has 0 spiro atoms. The van der Waals surface area contributed by atoms with E-state index < -0.39 is 17.0 Å². The van der Waals surface area contributed by atoms with Crippen LogP contribution >= 0.6 is 12.6 Å². The lowest BCUT2D eigenvalue weighted by Crippen LogP contribution is -2.53. The molecule has 2 aromatic carbocycles. The molecule has 9 nitrogen and oxygen atoms in total. The number of rotatable bonds is 5. The van der Waals surface area contributed by atoms with Gasteiger partial charge in [0, 0.05) is 55.4 Å². The molecular formula is C30H35F3N6O3S. The number of carbonyl (C=O) groups excluding carboxylic acids is 1. The van der Waals surface area contributed by atoms with Gasteiger partial charge in [-0.1, -0.05) is 31.2 Å². The Kier molecular flexibility index (Phi) is 7.97. The van der Waals surface area contributed by atoms with Crippen molar-refractivity contribution >= 4 is 40.8 Å². The largest absolute Gasteiger partial charge is 0.508 e. The van der Waals surface area contributed by atoms with Crippen molar-refractivity contribution < 1.29 is 27.8 Å². The van der Waals surface area contributed by atoms with Gasteiger partial charge in [-0.25, -0.2) is 0 Å². The highest BCUT2D eigenvalue weighted by Crippen LogP contribution is 2.37. The lowest BCUT2D eigenvalue weighted by molar-refractivity contribution is -0.185. The lowest BCUT2D eigenvalue weighted by Gasteiger charge is -2.40. The van der Waals surface area contributed by atoms with Crippen molar-refractivity contribution in [3.05, 3.63) is 47.7 Å². The third kappa shape index (κ3) is 6.01. The molecule has 1 amide bonds. The molecule has 4 heterocycles. The van der Waals surface area contributed by atoms with Crippen LogP contribution in [0.4, 0.5) is 24.7 Å². The summed E-state index contributed by atoms with van der Waals surface area (Å²) in [5.41, 5.74) is 2.55. The molecule has 0 saturated carbocycles. The monoisotopic (exact) mass is 616 g/mol. The second-order valence-electron chi connectivity index (χ2n) is 11.6. The van der Waals surface area contributed by atoms with Crippen LogP contribution in [0.1, 0.15) is 31.0 Å². The normalized spacial score (nSPS) is 22.9. The summed E-state index contributed by atoms with van der Waals surface area (Å²) in [6.07, 6.45) is -2.23. The van der Waals surface area contributed by atoms with Crippen LogP contribution in [0.5, 0.6) is 11.8 Å². The summed E-state index contributed by atoms with van der Waals surface area (Å²) in [6, 6.07) is 11.5. The number of phenolic OH excluding ortho intramolecular Hbond substituents is 1. The first-order valence-electron chi connectivity index (χ1n) is 14.6. The van der Waals surface area contributed by atoms with Gasteiger partial charge >= 0.3 is 18.1 Å². The predicted octanol–water partition coefficient (Wildman–Crippen LogP) is 4.13. The van der Waals surface area contributed by atoms with Crippen LogP contribution in [-0.4, -0.2) is 82.8 Å². The SMILES string of the molecule is CC1CCCN[C@]1(S)COc1nc2c(c(N3CCN(C(=O)C(F)(F)F)CC3)n1)CCN(c1cc(O)cc3ccccc13)C2. The number of nitrogens with zero attached hydrogens (tertiary/aromatic N) is 5. The van der Waals surface area contributed by atoms with Crippen LogP contribution in [0.15, 0.2) is 36.4 Å². The molecule has 2 saturated heterocycles. The van der Waals surface area contributed by atoms with Crippen LogP contribution in [0.3, 0.4) is 0 Å². The Balaban J connectivity index is 1.31. The maximum Gasteiger partial charge on any atom is 0.471 e. The topological polar surface area (TPSA) is 94.1 Å². The molecule has 3 aliphatic rings. The number of thiol groups is 1. The molecule has 2 fully saturated rings. The number of piperidine rings is 1. The van der Waals surface area contributed by atoms with E-state index in [9.17, 15) is 23.1 Å². The van der Waals surface area contributed by atoms with E-state index in [1.165, 1.54) is 0 Å². The number of amides is 1. The van der Waals surface area contributed by atoms with E-state index in [4.69, 9.17) is 27.3 Å². The van der Waals surface area contributed by atoms with Crippen molar-refractivity contribution in [2.24, 2.45) is 5.92 Å². The average Bonchev–Trinajstić information content (AvgIpc) is 3.00. The average molecular weight is 617 g/mol. The maximum atomic E-state index is 13.1. The number of hydrogen-bond donors (Lipinski definition) is 3. The first kappa shape index (κ1) is 29.6. The second kappa shape index (κ2) is 11.6. The zero-order valence-corrected chi connectivity index (χ0v) is 24.8. The molecule has 0 radical (unpaired) electrons. The molecule has 6 rings (SSSR count). The smallest absolute Gasteiger partial charge is 0.471 e. The third-order valence-corrected chi connectivity index (χ3v) is 9.51. The van der Waals surface area contributed by atoms with E-state index >= 15 is 0 Å². The molecule has 1 unspecified atom stereocenters. The van der Waals surface area contributed by atoms with E-state index in [0.717, 1.165) is 52.0 Å². The molecule has 230 valence electrons. The number of aromatic hydroxyl groups is 1. The van der Waals surface area contributed by atoms with Crippen LogP contribution in [0, 0.1) is 5.92 Å². The number of phenols is 1. The number of nitrogens with one attached hydrogen (secondary N) is 1. The molecule has 3 aliphatic heterocycles. The van der Waals surface area contributed by atoms with Gasteiger partial charge in [0.1, 0.15) is 18.2 Å². The van der Waals surface area contributed by atoms with Crippen LogP contribution in [0.25, 0.3) is 10.8 Å². The van der Waals surface area contributed by atoms with Gasteiger partial charge in [-0.15, -0.1) is 0 Å². The highest BCUT2D eigenvalue weighted by Gasteiger charge is 2.43. The Morgan fingerprint density at radius 3 is 2.65 bits per heavy atom. The zero-order valence-electron chi connectivity index (χ0n) is 23.9. The highest BCUT2D eigenvalue weighted by molar-refractivity contribution is 7.81. The van der Waals surface area contributed by atoms with E-state index in [-0.39, 0.29) is 50.5 Å². The van der Waals surface area contributed by atoms with E-state index in [0.29, 0.717) is 25.3 Å². The van der Waals surface area contributed by atoms with Crippen molar-refractivity contribution in [2.45, 2.75) is 43.8 Å². The van der Waals surface area contributed by atoms with Crippen LogP contribution in [-0.2, 0) is 17.8 Å². The number of ether oxygens (including phenoxy) is 1. The molecular weight excluding hydrogens is 581 g/mol. The highest BCUT2D eigenvalue weighted by atomic mass is 32.1. The van der Waals surface area contributed by atoms with Crippen LogP contribution in [0.2, 0.25) is 0 Å². The molecule has 3 aromatic rings. The quantitative estimate of drug-likeness (QED) is 0.369. The predicted molar refractivity (Wildman–Crippen MR) is 161 cm³/mol. The number of fused-ring (bicyclic) bond motifs is 2. The molecule has 2 N–H and O–H groups in total. The Labute approximate surface area is 253 Å². The summed E-state index contributed by atoms with van der Waals surface area (Å²) < 4.78 is 45.4. The lowest BCUT2D eigenvalue weighted by atomic mass is 9.92. The fraction of sp³-hybridized carbons (Fsp3) is 0.500. The molecule has 2 atom stereocenters. The minimum atomic E-state index is -4.90. The Morgan fingerprint density at radius 1 is 1.14 bits per heavy atom. The van der Waals surface area contributed by atoms with Gasteiger partial charge in [-0.3, -0.25) is 10.1 Å². The minimum Gasteiger partial charge on any atom is -0.508 e. The van der Waals surface area contributed by atoms with E-state index in [1.54, 1.807) is 12.1 Å². The minimum absolute atomic E-state index is 0.0596. The van der Waals surface area contributed by atoms with Crippen LogP contribution < -0.4 is 19.9 Å². The maximum absolute atomic E-state index is 13.1. The van der Waals surface area contributed by atoms with Gasteiger partial charge in [-0.2, -0.15) is 35.8 Å². The summed E-state index contributed by atoms with van der Waals surface area (Å²) in [7, 11) is 0. The summed E-state index contributed by atoms with van der Waals surface area (Å²) in [5, 5.41) is 15.8. The number of aromatic nitrogens is 2. The standard InChI is InChI=1S/C30H35F3N6O3S/c1-19-5-4-9-34-29(19,43)18-42-28-35-24-17-39(25-16-21(40)15-20-6-2-3-7-22(20)25)10-8-23(24)26(36-28)37-11-13-38(14-12-37)27(41)30(31,32)33/h2-3,6-7,15-16,19,34,40,43H,4-5,8-14,17-18H2,1H3/t19?,29-/m0/s1. The van der Waals surface area contributed by atoms with Gasteiger partial charge < -0.3 is 24.5 Å². The Morgan fingerprint density at radius 2 is 1.91 bits per heavy atom. The fourth-order valence-electron chi connectivity index (χ4n) is 6.25. The Hall–Kier alpha value is -3.45. The van der Waals surface area contributed by atoms with Gasteiger partial charge in [0.25, 0.3) is 0 Å². The number of halogens is 3. The molecule has 43 heavy (non-hydrogen) atoms. The fourth-order valence-corrected chi connectivity index (χ4v) is 6.56. The van der Waals surface area contributed by atoms with Crippen molar-refractivity contribution in [2.75, 3.05) is 55.7 Å². The second-order valence-corrected chi connectivity index (χ2v) is 12.4. The van der Waals surface area contributed by atoms with Gasteiger partial charge in [0.05, 0.1) is 17.1 Å². The number of anilines is 2. The number of benzene rings is 2. The van der Waals surface area contributed by atoms with Gasteiger partial charge in [0.15, 0.2) is 0 Å². The van der Waals surface area contributed by atoms with E-state index in [1.807, 2.05) is 29.2 Å². The molecule has 13 heteroatoms. The Bertz CT molecular complexity index is 1520. The summed E-state index contributed by atoms with van der Waals surface area (Å²) in [6.45, 7) is 4.56. The van der Waals surface area contributed by atoms with Gasteiger partial charge in [0.2, 0.25) is 0 Å². The molecule has 0 aliphatic carbocycles. The molecule has 0 bridgehead atoms. The van der Waals surface area contributed by atoms with Crippen molar-refractivity contribution in [1.82, 2.24) is 20.2 Å². The number of carbonyl (C=O) groups is 1. The summed E-state index contributed by atoms with van der Waals surface area (Å²) >= 11 is 4.90. The van der Waals surface area contributed by atoms with Crippen molar-refractivity contribution in [3.63, 3.8) is 0 Å². The van der Waals surface area contributed by atoms with Gasteiger partial charge in [-0.05, 0) is 43.2 Å². The first-order chi connectivity index (χ1) is 20.5. The van der Waals surface area contributed by atoms with Crippen molar-refractivity contribution in [3.8, 4) is 11.8 Å². The molecule has 1 aromatic heterocycles. The number of alkyl halides is 3. The summed E-state index contributed by atoms with van der Waals surface area (Å²) in [5.74, 6) is -0.762. The number of piperazine rings is 1. The summed E-state index contributed by atoms with van der Waals surface area (Å²) in [4.78, 5) is 25.8. The zero-order chi connectivity index (χ0) is 30.4. The van der Waals surface area contributed by atoms with Crippen molar-refractivity contribution in [1.29, 1.82) is 0 Å². The number of hydrogen-bond acceptors (Lipinski definition) is 9.